The van der Waals surface area contributed by atoms with Crippen molar-refractivity contribution in [3.05, 3.63) is 29.8 Å². The molecule has 1 N–H and O–H groups in total. The average molecular weight is 331 g/mol. The van der Waals surface area contributed by atoms with Crippen molar-refractivity contribution < 1.29 is 8.42 Å². The smallest absolute Gasteiger partial charge is 0.240 e. The van der Waals surface area contributed by atoms with E-state index in [2.05, 4.69) is 16.5 Å². The summed E-state index contributed by atoms with van der Waals surface area (Å²) in [5, 5.41) is 0. The number of aryl methyl sites for hydroxylation is 1. The summed E-state index contributed by atoms with van der Waals surface area (Å²) in [6.07, 6.45) is 2.96. The normalized spacial score (nSPS) is 20.0. The Morgan fingerprint density at radius 1 is 1.33 bits per heavy atom. The first-order chi connectivity index (χ1) is 10.1. The predicted octanol–water partition coefficient (Wildman–Crippen LogP) is 2.23. The maximum atomic E-state index is 12.3. The number of sulfonamides is 1. The minimum atomic E-state index is -3.42. The summed E-state index contributed by atoms with van der Waals surface area (Å²) in [5.41, 5.74) is 1.05. The highest BCUT2D eigenvalue weighted by molar-refractivity contribution is 7.89. The van der Waals surface area contributed by atoms with E-state index in [0.29, 0.717) is 23.4 Å². The van der Waals surface area contributed by atoms with Gasteiger partial charge in [0.15, 0.2) is 0 Å². The van der Waals surface area contributed by atoms with E-state index in [1.54, 1.807) is 12.1 Å². The number of benzene rings is 1. The Morgan fingerprint density at radius 3 is 2.67 bits per heavy atom. The number of halogens is 1. The zero-order valence-corrected chi connectivity index (χ0v) is 14.0. The third kappa shape index (κ3) is 4.42. The molecule has 1 aliphatic rings. The molecule has 1 aliphatic heterocycles. The molecule has 1 atom stereocenters. The van der Waals surface area contributed by atoms with Gasteiger partial charge in [0, 0.05) is 18.5 Å². The van der Waals surface area contributed by atoms with E-state index in [0.717, 1.165) is 37.9 Å². The van der Waals surface area contributed by atoms with E-state index in [1.807, 2.05) is 12.1 Å². The van der Waals surface area contributed by atoms with Gasteiger partial charge in [-0.2, -0.15) is 0 Å². The monoisotopic (exact) mass is 330 g/mol. The summed E-state index contributed by atoms with van der Waals surface area (Å²) >= 11 is 5.68. The fourth-order valence-corrected chi connectivity index (χ4v) is 4.07. The molecule has 0 bridgehead atoms. The van der Waals surface area contributed by atoms with Crippen LogP contribution < -0.4 is 4.72 Å². The van der Waals surface area contributed by atoms with Crippen LogP contribution in [-0.2, 0) is 16.4 Å². The molecular weight excluding hydrogens is 308 g/mol. The lowest BCUT2D eigenvalue weighted by atomic mass is 10.2. The third-order valence-electron chi connectivity index (χ3n) is 4.03. The molecule has 0 radical (unpaired) electrons. The van der Waals surface area contributed by atoms with Gasteiger partial charge in [0.05, 0.1) is 4.90 Å². The van der Waals surface area contributed by atoms with E-state index in [-0.39, 0.29) is 0 Å². The second-order valence-electron chi connectivity index (χ2n) is 5.36. The van der Waals surface area contributed by atoms with Crippen LogP contribution >= 0.6 is 11.6 Å². The highest BCUT2D eigenvalue weighted by atomic mass is 35.5. The largest absolute Gasteiger partial charge is 0.299 e. The fourth-order valence-electron chi connectivity index (χ4n) is 2.78. The van der Waals surface area contributed by atoms with Gasteiger partial charge in [-0.3, -0.25) is 4.90 Å². The molecule has 0 saturated carbocycles. The van der Waals surface area contributed by atoms with Crippen LogP contribution in [0.1, 0.15) is 25.3 Å². The average Bonchev–Trinajstić information content (AvgIpc) is 2.94. The van der Waals surface area contributed by atoms with Crippen LogP contribution in [0.15, 0.2) is 29.2 Å². The van der Waals surface area contributed by atoms with Crippen molar-refractivity contribution in [2.75, 3.05) is 25.5 Å². The van der Waals surface area contributed by atoms with E-state index in [9.17, 15) is 8.42 Å². The number of alkyl halides is 1. The molecule has 0 amide bonds. The molecule has 1 unspecified atom stereocenters. The van der Waals surface area contributed by atoms with Gasteiger partial charge in [-0.25, -0.2) is 13.1 Å². The van der Waals surface area contributed by atoms with Crippen LogP contribution in [0.4, 0.5) is 0 Å². The first-order valence-corrected chi connectivity index (χ1v) is 9.47. The lowest BCUT2D eigenvalue weighted by Gasteiger charge is -2.22. The first kappa shape index (κ1) is 16.7. The molecule has 0 aromatic heterocycles. The van der Waals surface area contributed by atoms with Crippen molar-refractivity contribution in [1.29, 1.82) is 0 Å². The molecule has 1 aromatic carbocycles. The van der Waals surface area contributed by atoms with Crippen molar-refractivity contribution in [3.8, 4) is 0 Å². The molecule has 118 valence electrons. The summed E-state index contributed by atoms with van der Waals surface area (Å²) in [7, 11) is -3.42. The minimum Gasteiger partial charge on any atom is -0.299 e. The Morgan fingerprint density at radius 2 is 2.05 bits per heavy atom. The Balaban J connectivity index is 1.97. The molecule has 0 spiro atoms. The van der Waals surface area contributed by atoms with Crippen LogP contribution in [0.2, 0.25) is 0 Å². The molecule has 1 aromatic rings. The maximum absolute atomic E-state index is 12.3. The Labute approximate surface area is 132 Å². The van der Waals surface area contributed by atoms with Gasteiger partial charge in [0.1, 0.15) is 0 Å². The molecule has 6 heteroatoms. The molecule has 1 fully saturated rings. The molecule has 1 heterocycles. The van der Waals surface area contributed by atoms with E-state index >= 15 is 0 Å². The number of likely N-dealkylation sites (N-methyl/N-ethyl adjacent to an activating group) is 1. The van der Waals surface area contributed by atoms with Crippen molar-refractivity contribution in [1.82, 2.24) is 9.62 Å². The van der Waals surface area contributed by atoms with Gasteiger partial charge >= 0.3 is 0 Å². The SMILES string of the molecule is CCN1CCCC1CNS(=O)(=O)c1ccc(CCCl)cc1. The predicted molar refractivity (Wildman–Crippen MR) is 86.3 cm³/mol. The molecular formula is C15H23ClN2O2S. The van der Waals surface area contributed by atoms with E-state index in [4.69, 9.17) is 11.6 Å². The van der Waals surface area contributed by atoms with Crippen molar-refractivity contribution >= 4 is 21.6 Å². The number of nitrogens with zero attached hydrogens (tertiary/aromatic N) is 1. The van der Waals surface area contributed by atoms with Crippen LogP contribution in [0, 0.1) is 0 Å². The number of hydrogen-bond donors (Lipinski definition) is 1. The molecule has 1 saturated heterocycles. The zero-order chi connectivity index (χ0) is 15.3. The van der Waals surface area contributed by atoms with E-state index in [1.165, 1.54) is 0 Å². The van der Waals surface area contributed by atoms with Gasteiger partial charge in [0.25, 0.3) is 0 Å². The van der Waals surface area contributed by atoms with Crippen LogP contribution in [0.25, 0.3) is 0 Å². The topological polar surface area (TPSA) is 49.4 Å². The number of likely N-dealkylation sites (tertiary alicyclic amines) is 1. The van der Waals surface area contributed by atoms with Gasteiger partial charge in [-0.05, 0) is 50.0 Å². The number of hydrogen-bond acceptors (Lipinski definition) is 3. The highest BCUT2D eigenvalue weighted by Crippen LogP contribution is 2.17. The Kier molecular flexibility index (Phi) is 6.05. The highest BCUT2D eigenvalue weighted by Gasteiger charge is 2.24. The number of nitrogens with one attached hydrogen (secondary N) is 1. The minimum absolute atomic E-state index is 0.320. The second-order valence-corrected chi connectivity index (χ2v) is 7.50. The lowest BCUT2D eigenvalue weighted by Crippen LogP contribution is -2.39. The Bertz CT molecular complexity index is 545. The van der Waals surface area contributed by atoms with Crippen LogP contribution in [0.3, 0.4) is 0 Å². The second kappa shape index (κ2) is 7.58. The van der Waals surface area contributed by atoms with Crippen molar-refractivity contribution in [3.63, 3.8) is 0 Å². The van der Waals surface area contributed by atoms with Gasteiger partial charge in [-0.1, -0.05) is 19.1 Å². The maximum Gasteiger partial charge on any atom is 0.240 e. The van der Waals surface area contributed by atoms with Gasteiger partial charge in [-0.15, -0.1) is 11.6 Å². The third-order valence-corrected chi connectivity index (χ3v) is 5.66. The van der Waals surface area contributed by atoms with Crippen LogP contribution in [-0.4, -0.2) is 44.9 Å². The van der Waals surface area contributed by atoms with Gasteiger partial charge in [0.2, 0.25) is 10.0 Å². The summed E-state index contributed by atoms with van der Waals surface area (Å²) in [4.78, 5) is 2.65. The summed E-state index contributed by atoms with van der Waals surface area (Å²) in [6, 6.07) is 7.27. The van der Waals surface area contributed by atoms with Crippen molar-refractivity contribution in [2.45, 2.75) is 37.1 Å². The molecule has 2 rings (SSSR count). The molecule has 21 heavy (non-hydrogen) atoms. The first-order valence-electron chi connectivity index (χ1n) is 7.45. The molecule has 4 nitrogen and oxygen atoms in total. The summed E-state index contributed by atoms with van der Waals surface area (Å²) < 4.78 is 27.3. The zero-order valence-electron chi connectivity index (χ0n) is 12.4. The summed E-state index contributed by atoms with van der Waals surface area (Å²) in [6.45, 7) is 4.64. The van der Waals surface area contributed by atoms with Crippen LogP contribution in [0.5, 0.6) is 0 Å². The van der Waals surface area contributed by atoms with E-state index < -0.39 is 10.0 Å². The van der Waals surface area contributed by atoms with Gasteiger partial charge < -0.3 is 0 Å². The fraction of sp³-hybridized carbons (Fsp3) is 0.600. The number of rotatable bonds is 7. The lowest BCUT2D eigenvalue weighted by molar-refractivity contribution is 0.268. The standard InChI is InChI=1S/C15H23ClN2O2S/c1-2-18-11-3-4-14(18)12-17-21(19,20)15-7-5-13(6-8-15)9-10-16/h5-8,14,17H,2-4,9-12H2,1H3. The quantitative estimate of drug-likeness (QED) is 0.780. The summed E-state index contributed by atoms with van der Waals surface area (Å²) in [5.74, 6) is 0.541. The van der Waals surface area contributed by atoms with Crippen molar-refractivity contribution in [2.24, 2.45) is 0 Å². The Hall–Kier alpha value is -0.620. The molecule has 0 aliphatic carbocycles.